The number of hydrogen-bond donors (Lipinski definition) is 2. The number of nitrogens with two attached hydrogens (primary N) is 1. The highest BCUT2D eigenvalue weighted by molar-refractivity contribution is 5.93. The average Bonchev–Trinajstić information content (AvgIpc) is 3.16. The second-order valence-electron chi connectivity index (χ2n) is 6.36. The zero-order chi connectivity index (χ0) is 20.5. The number of benzene rings is 1. The maximum Gasteiger partial charge on any atom is 0.410 e. The number of nitrogens with one attached hydrogen (secondary N) is 1. The Morgan fingerprint density at radius 1 is 1.21 bits per heavy atom. The Balaban J connectivity index is 1.94. The number of carbonyl (C=O) groups is 4. The number of nitrogens with zero attached hydrogens (tertiary/aromatic N) is 1. The molecule has 3 amide bonds. The molecule has 1 aliphatic heterocycles. The van der Waals surface area contributed by atoms with Gasteiger partial charge in [-0.15, -0.1) is 0 Å². The first-order valence-corrected chi connectivity index (χ1v) is 9.15. The lowest BCUT2D eigenvalue weighted by molar-refractivity contribution is -0.145. The van der Waals surface area contributed by atoms with Gasteiger partial charge in [-0.2, -0.15) is 0 Å². The van der Waals surface area contributed by atoms with Gasteiger partial charge in [-0.25, -0.2) is 4.79 Å². The lowest BCUT2D eigenvalue weighted by atomic mass is 10.1. The van der Waals surface area contributed by atoms with Crippen molar-refractivity contribution in [1.29, 1.82) is 0 Å². The Kier molecular flexibility index (Phi) is 7.79. The largest absolute Gasteiger partial charge is 0.466 e. The fourth-order valence-electron chi connectivity index (χ4n) is 2.94. The van der Waals surface area contributed by atoms with Crippen LogP contribution in [0.2, 0.25) is 0 Å². The molecule has 9 nitrogen and oxygen atoms in total. The summed E-state index contributed by atoms with van der Waals surface area (Å²) in [5.74, 6) is -2.04. The third-order valence-electron chi connectivity index (χ3n) is 4.33. The van der Waals surface area contributed by atoms with Crippen molar-refractivity contribution in [1.82, 2.24) is 10.2 Å². The summed E-state index contributed by atoms with van der Waals surface area (Å²) in [6, 6.07) is 7.20. The number of hydrogen-bond acceptors (Lipinski definition) is 6. The number of carbonyl (C=O) groups excluding carboxylic acids is 4. The molecular formula is C19H25N3O6. The van der Waals surface area contributed by atoms with Crippen LogP contribution in [0.4, 0.5) is 4.79 Å². The zero-order valence-electron chi connectivity index (χ0n) is 15.8. The molecule has 0 bridgehead atoms. The maximum atomic E-state index is 12.6. The van der Waals surface area contributed by atoms with Crippen molar-refractivity contribution in [2.24, 2.45) is 5.73 Å². The highest BCUT2D eigenvalue weighted by atomic mass is 16.6. The van der Waals surface area contributed by atoms with Crippen molar-refractivity contribution in [3.05, 3.63) is 35.9 Å². The number of ether oxygens (including phenoxy) is 2. The van der Waals surface area contributed by atoms with E-state index in [1.807, 2.05) is 30.3 Å². The lowest BCUT2D eigenvalue weighted by Crippen LogP contribution is -2.53. The number of esters is 1. The summed E-state index contributed by atoms with van der Waals surface area (Å²) in [7, 11) is 0. The quantitative estimate of drug-likeness (QED) is 0.628. The zero-order valence-corrected chi connectivity index (χ0v) is 15.8. The smallest absolute Gasteiger partial charge is 0.410 e. The molecule has 2 rings (SSSR count). The van der Waals surface area contributed by atoms with Gasteiger partial charge in [0.2, 0.25) is 11.8 Å². The Hall–Kier alpha value is -3.10. The van der Waals surface area contributed by atoms with E-state index in [-0.39, 0.29) is 19.6 Å². The summed E-state index contributed by atoms with van der Waals surface area (Å²) in [4.78, 5) is 49.4. The van der Waals surface area contributed by atoms with Crippen molar-refractivity contribution in [2.45, 2.75) is 44.9 Å². The molecule has 3 N–H and O–H groups in total. The first-order valence-electron chi connectivity index (χ1n) is 9.15. The van der Waals surface area contributed by atoms with Gasteiger partial charge in [0.1, 0.15) is 18.7 Å². The summed E-state index contributed by atoms with van der Waals surface area (Å²) < 4.78 is 10.1. The molecule has 1 saturated heterocycles. The minimum atomic E-state index is -1.20. The molecular weight excluding hydrogens is 366 g/mol. The Labute approximate surface area is 163 Å². The van der Waals surface area contributed by atoms with E-state index in [4.69, 9.17) is 15.2 Å². The van der Waals surface area contributed by atoms with Crippen molar-refractivity contribution in [2.75, 3.05) is 13.2 Å². The van der Waals surface area contributed by atoms with Crippen LogP contribution in [0.15, 0.2) is 30.3 Å². The topological polar surface area (TPSA) is 128 Å². The number of primary amides is 1. The van der Waals surface area contributed by atoms with E-state index >= 15 is 0 Å². The fourth-order valence-corrected chi connectivity index (χ4v) is 2.94. The monoisotopic (exact) mass is 391 g/mol. The molecule has 0 aliphatic carbocycles. The summed E-state index contributed by atoms with van der Waals surface area (Å²) in [6.07, 6.45) is 0.0806. The lowest BCUT2D eigenvalue weighted by Gasteiger charge is -2.25. The summed E-state index contributed by atoms with van der Waals surface area (Å²) in [5.41, 5.74) is 6.10. The van der Waals surface area contributed by atoms with Gasteiger partial charge in [0.25, 0.3) is 0 Å². The van der Waals surface area contributed by atoms with Gasteiger partial charge in [-0.1, -0.05) is 30.3 Å². The summed E-state index contributed by atoms with van der Waals surface area (Å²) >= 11 is 0. The highest BCUT2D eigenvalue weighted by Gasteiger charge is 2.37. The first-order chi connectivity index (χ1) is 13.4. The molecule has 0 radical (unpaired) electrons. The minimum absolute atomic E-state index is 0.0945. The molecule has 28 heavy (non-hydrogen) atoms. The van der Waals surface area contributed by atoms with Gasteiger partial charge in [0.05, 0.1) is 13.0 Å². The van der Waals surface area contributed by atoms with E-state index in [0.717, 1.165) is 5.56 Å². The number of rotatable bonds is 8. The van der Waals surface area contributed by atoms with Crippen LogP contribution in [-0.2, 0) is 30.5 Å². The predicted molar refractivity (Wildman–Crippen MR) is 98.7 cm³/mol. The molecule has 1 aliphatic rings. The van der Waals surface area contributed by atoms with E-state index in [1.54, 1.807) is 6.92 Å². The van der Waals surface area contributed by atoms with Gasteiger partial charge >= 0.3 is 12.1 Å². The molecule has 2 atom stereocenters. The predicted octanol–water partition coefficient (Wildman–Crippen LogP) is 0.711. The Morgan fingerprint density at radius 3 is 2.57 bits per heavy atom. The summed E-state index contributed by atoms with van der Waals surface area (Å²) in [6.45, 7) is 2.25. The first kappa shape index (κ1) is 21.2. The van der Waals surface area contributed by atoms with Crippen LogP contribution < -0.4 is 11.1 Å². The van der Waals surface area contributed by atoms with Gasteiger partial charge in [0, 0.05) is 6.54 Å². The second-order valence-corrected chi connectivity index (χ2v) is 6.36. The molecule has 1 fully saturated rings. The highest BCUT2D eigenvalue weighted by Crippen LogP contribution is 2.19. The van der Waals surface area contributed by atoms with Gasteiger partial charge in [-0.3, -0.25) is 19.3 Å². The van der Waals surface area contributed by atoms with Gasteiger partial charge in [0.15, 0.2) is 0 Å². The molecule has 1 heterocycles. The molecule has 0 unspecified atom stereocenters. The fraction of sp³-hybridized carbons (Fsp3) is 0.474. The van der Waals surface area contributed by atoms with E-state index in [1.165, 1.54) is 4.90 Å². The number of amides is 3. The minimum Gasteiger partial charge on any atom is -0.466 e. The van der Waals surface area contributed by atoms with Crippen molar-refractivity contribution in [3.8, 4) is 0 Å². The standard InChI is InChI=1S/C19H25N3O6/c1-2-27-16(23)11-14(17(20)24)21-18(25)15-9-6-10-22(15)19(26)28-12-13-7-4-3-5-8-13/h3-5,7-8,14-15H,2,6,9-12H2,1H3,(H2,20,24)(H,21,25)/t14-,15-/m1/s1. The molecule has 152 valence electrons. The molecule has 9 heteroatoms. The van der Waals surface area contributed by atoms with Crippen LogP contribution in [-0.4, -0.2) is 54.0 Å². The third kappa shape index (κ3) is 5.97. The Bertz CT molecular complexity index is 709. The van der Waals surface area contributed by atoms with Crippen LogP contribution in [0.5, 0.6) is 0 Å². The van der Waals surface area contributed by atoms with E-state index in [9.17, 15) is 19.2 Å². The molecule has 0 saturated carbocycles. The second kappa shape index (κ2) is 10.3. The van der Waals surface area contributed by atoms with Crippen molar-refractivity contribution >= 4 is 23.9 Å². The SMILES string of the molecule is CCOC(=O)C[C@@H](NC(=O)[C@H]1CCCN1C(=O)OCc1ccccc1)C(N)=O. The molecule has 0 spiro atoms. The third-order valence-corrected chi connectivity index (χ3v) is 4.33. The molecule has 1 aromatic carbocycles. The van der Waals surface area contributed by atoms with E-state index in [2.05, 4.69) is 5.32 Å². The Morgan fingerprint density at radius 2 is 1.93 bits per heavy atom. The van der Waals surface area contributed by atoms with Crippen LogP contribution in [0.25, 0.3) is 0 Å². The van der Waals surface area contributed by atoms with Crippen LogP contribution in [0, 0.1) is 0 Å². The van der Waals surface area contributed by atoms with Crippen molar-refractivity contribution < 1.29 is 28.7 Å². The normalized spacial score (nSPS) is 16.9. The molecule has 1 aromatic rings. The van der Waals surface area contributed by atoms with Crippen LogP contribution >= 0.6 is 0 Å². The van der Waals surface area contributed by atoms with Gasteiger partial charge < -0.3 is 20.5 Å². The van der Waals surface area contributed by atoms with Gasteiger partial charge in [-0.05, 0) is 25.3 Å². The average molecular weight is 391 g/mol. The summed E-state index contributed by atoms with van der Waals surface area (Å²) in [5, 5.41) is 2.44. The van der Waals surface area contributed by atoms with E-state index in [0.29, 0.717) is 19.4 Å². The maximum absolute atomic E-state index is 12.6. The number of likely N-dealkylation sites (tertiary alicyclic amines) is 1. The van der Waals surface area contributed by atoms with Crippen LogP contribution in [0.1, 0.15) is 31.7 Å². The van der Waals surface area contributed by atoms with Crippen LogP contribution in [0.3, 0.4) is 0 Å². The van der Waals surface area contributed by atoms with Crippen molar-refractivity contribution in [3.63, 3.8) is 0 Å². The molecule has 0 aromatic heterocycles. The van der Waals surface area contributed by atoms with E-state index < -0.39 is 36.0 Å².